The van der Waals surface area contributed by atoms with E-state index in [2.05, 4.69) is 62.5 Å². The number of allylic oxidation sites excluding steroid dienone is 8. The van der Waals surface area contributed by atoms with Gasteiger partial charge in [-0.1, -0.05) is 210 Å². The van der Waals surface area contributed by atoms with E-state index in [4.69, 9.17) is 23.6 Å². The summed E-state index contributed by atoms with van der Waals surface area (Å²) in [4.78, 5) is 35.1. The molecule has 0 saturated heterocycles. The van der Waals surface area contributed by atoms with Crippen molar-refractivity contribution in [3.63, 3.8) is 0 Å². The highest BCUT2D eigenvalue weighted by Gasteiger charge is 2.27. The Balaban J connectivity index is 4.21. The average molecular weight is 897 g/mol. The predicted octanol–water partition coefficient (Wildman–Crippen LogP) is 14.1. The van der Waals surface area contributed by atoms with Gasteiger partial charge in [-0.05, 0) is 51.4 Å². The topological polar surface area (TPSA) is 149 Å². The van der Waals surface area contributed by atoms with Crippen molar-refractivity contribution in [2.45, 2.75) is 238 Å². The van der Waals surface area contributed by atoms with E-state index in [9.17, 15) is 24.2 Å². The lowest BCUT2D eigenvalue weighted by atomic mass is 10.0. The largest absolute Gasteiger partial charge is 0.472 e. The monoisotopic (exact) mass is 897 g/mol. The number of esters is 2. The fourth-order valence-electron chi connectivity index (χ4n) is 6.87. The molecule has 0 radical (unpaired) electrons. The summed E-state index contributed by atoms with van der Waals surface area (Å²) in [5.41, 5.74) is 0. The molecule has 0 amide bonds. The van der Waals surface area contributed by atoms with Crippen LogP contribution in [0.5, 0.6) is 0 Å². The van der Waals surface area contributed by atoms with Gasteiger partial charge in [0.05, 0.1) is 19.8 Å². The average Bonchev–Trinajstić information content (AvgIpc) is 3.26. The summed E-state index contributed by atoms with van der Waals surface area (Å²) < 4.78 is 32.8. The third-order valence-corrected chi connectivity index (χ3v) is 11.7. The number of carbonyl (C=O) groups is 2. The number of unbranched alkanes of at least 4 members (excludes halogenated alkanes) is 25. The van der Waals surface area contributed by atoms with Gasteiger partial charge in [0, 0.05) is 12.8 Å². The first kappa shape index (κ1) is 59.9. The van der Waals surface area contributed by atoms with E-state index in [1.165, 1.54) is 122 Å². The Kier molecular flexibility index (Phi) is 45.3. The quantitative estimate of drug-likeness (QED) is 0.0233. The van der Waals surface area contributed by atoms with Crippen LogP contribution in [0, 0.1) is 0 Å². The van der Waals surface area contributed by atoms with Crippen LogP contribution in [0.1, 0.15) is 226 Å². The smallest absolute Gasteiger partial charge is 0.462 e. The lowest BCUT2D eigenvalue weighted by Crippen LogP contribution is -2.29. The molecule has 62 heavy (non-hydrogen) atoms. The highest BCUT2D eigenvalue weighted by Crippen LogP contribution is 2.43. The fraction of sp³-hybridized carbons (Fsp3) is 0.804. The van der Waals surface area contributed by atoms with Crippen LogP contribution >= 0.6 is 7.82 Å². The molecule has 0 spiro atoms. The van der Waals surface area contributed by atoms with Gasteiger partial charge in [0.2, 0.25) is 0 Å². The first-order chi connectivity index (χ1) is 30.2. The van der Waals surface area contributed by atoms with E-state index in [0.717, 1.165) is 64.2 Å². The molecule has 0 aliphatic rings. The molecule has 0 aromatic heterocycles. The van der Waals surface area contributed by atoms with Crippen molar-refractivity contribution in [2.24, 2.45) is 0 Å². The summed E-state index contributed by atoms with van der Waals surface area (Å²) in [7, 11) is -4.63. The molecule has 3 N–H and O–H groups in total. The lowest BCUT2D eigenvalue weighted by Gasteiger charge is -2.20. The zero-order valence-corrected chi connectivity index (χ0v) is 40.5. The Bertz CT molecular complexity index is 1170. The molecule has 362 valence electrons. The van der Waals surface area contributed by atoms with Crippen LogP contribution < -0.4 is 0 Å². The van der Waals surface area contributed by atoms with Crippen LogP contribution in [-0.2, 0) is 32.7 Å². The maximum absolute atomic E-state index is 12.7. The SMILES string of the molecule is CCC/C=C/C/C=C/C/C=C/C/C=C/CCCCCC(=O)OC[C@H](COP(=O)(O)OC[C@@H](O)CO)OC(=O)CCCCCCCCCCCCCCCCCCCCCCCC. The van der Waals surface area contributed by atoms with E-state index in [1.807, 2.05) is 0 Å². The first-order valence-electron chi connectivity index (χ1n) is 25.1. The lowest BCUT2D eigenvalue weighted by molar-refractivity contribution is -0.161. The molecule has 0 bridgehead atoms. The zero-order chi connectivity index (χ0) is 45.5. The predicted molar refractivity (Wildman–Crippen MR) is 256 cm³/mol. The number of aliphatic hydroxyl groups excluding tert-OH is 2. The molecular weight excluding hydrogens is 804 g/mol. The normalized spacial score (nSPS) is 14.1. The summed E-state index contributed by atoms with van der Waals surface area (Å²) in [5, 5.41) is 18.4. The van der Waals surface area contributed by atoms with Crippen LogP contribution in [0.15, 0.2) is 48.6 Å². The Hall–Kier alpha value is -2.07. The van der Waals surface area contributed by atoms with E-state index in [1.54, 1.807) is 0 Å². The first-order valence-corrected chi connectivity index (χ1v) is 26.6. The van der Waals surface area contributed by atoms with Crippen molar-refractivity contribution in [3.05, 3.63) is 48.6 Å². The maximum Gasteiger partial charge on any atom is 0.472 e. The van der Waals surface area contributed by atoms with Gasteiger partial charge in [-0.2, -0.15) is 0 Å². The molecule has 10 nitrogen and oxygen atoms in total. The van der Waals surface area contributed by atoms with Gasteiger partial charge in [0.1, 0.15) is 12.7 Å². The number of ether oxygens (including phenoxy) is 2. The molecule has 1 unspecified atom stereocenters. The van der Waals surface area contributed by atoms with E-state index >= 15 is 0 Å². The van der Waals surface area contributed by atoms with Gasteiger partial charge < -0.3 is 24.6 Å². The highest BCUT2D eigenvalue weighted by molar-refractivity contribution is 7.47. The number of aliphatic hydroxyl groups is 2. The second-order valence-electron chi connectivity index (χ2n) is 16.8. The minimum Gasteiger partial charge on any atom is -0.462 e. The van der Waals surface area contributed by atoms with Gasteiger partial charge in [0.25, 0.3) is 0 Å². The van der Waals surface area contributed by atoms with Crippen molar-refractivity contribution >= 4 is 19.8 Å². The van der Waals surface area contributed by atoms with Crippen LogP contribution in [0.3, 0.4) is 0 Å². The van der Waals surface area contributed by atoms with E-state index in [-0.39, 0.29) is 19.4 Å². The Labute approximate surface area is 379 Å². The number of hydrogen-bond acceptors (Lipinski definition) is 9. The number of rotatable bonds is 47. The number of carbonyl (C=O) groups excluding carboxylic acids is 2. The number of phosphoric ester groups is 1. The van der Waals surface area contributed by atoms with Crippen molar-refractivity contribution in [1.29, 1.82) is 0 Å². The molecule has 0 fully saturated rings. The van der Waals surface area contributed by atoms with Crippen LogP contribution in [0.25, 0.3) is 0 Å². The second-order valence-corrected chi connectivity index (χ2v) is 18.3. The van der Waals surface area contributed by atoms with Gasteiger partial charge in [-0.3, -0.25) is 18.6 Å². The molecule has 0 aromatic rings. The summed E-state index contributed by atoms with van der Waals surface area (Å²) in [6.45, 7) is 2.31. The maximum atomic E-state index is 12.7. The van der Waals surface area contributed by atoms with Crippen molar-refractivity contribution in [1.82, 2.24) is 0 Å². The minimum atomic E-state index is -4.63. The summed E-state index contributed by atoms with van der Waals surface area (Å²) in [6, 6.07) is 0. The molecule has 0 heterocycles. The molecule has 0 aliphatic heterocycles. The third-order valence-electron chi connectivity index (χ3n) is 10.7. The van der Waals surface area contributed by atoms with E-state index < -0.39 is 51.8 Å². The Morgan fingerprint density at radius 2 is 0.871 bits per heavy atom. The Morgan fingerprint density at radius 3 is 1.32 bits per heavy atom. The van der Waals surface area contributed by atoms with Crippen LogP contribution in [0.2, 0.25) is 0 Å². The highest BCUT2D eigenvalue weighted by atomic mass is 31.2. The zero-order valence-electron chi connectivity index (χ0n) is 39.6. The van der Waals surface area contributed by atoms with Crippen LogP contribution in [0.4, 0.5) is 0 Å². The molecule has 3 atom stereocenters. The second kappa shape index (κ2) is 46.9. The van der Waals surface area contributed by atoms with Gasteiger partial charge >= 0.3 is 19.8 Å². The number of hydrogen-bond donors (Lipinski definition) is 3. The van der Waals surface area contributed by atoms with Gasteiger partial charge in [0.15, 0.2) is 6.10 Å². The van der Waals surface area contributed by atoms with Crippen LogP contribution in [-0.4, -0.2) is 65.7 Å². The van der Waals surface area contributed by atoms with Crippen molar-refractivity contribution < 1.29 is 47.8 Å². The molecule has 0 rings (SSSR count). The van der Waals surface area contributed by atoms with Gasteiger partial charge in [-0.15, -0.1) is 0 Å². The number of phosphoric acid groups is 1. The van der Waals surface area contributed by atoms with Crippen molar-refractivity contribution in [2.75, 3.05) is 26.4 Å². The van der Waals surface area contributed by atoms with Crippen molar-refractivity contribution in [3.8, 4) is 0 Å². The standard InChI is InChI=1S/C51H93O10P/c1-3-5-7-9-11-13-15-17-19-21-22-23-24-25-27-29-31-33-35-37-39-41-43-51(55)61-49(47-60-62(56,57)59-45-48(53)44-52)46-58-50(54)42-40-38-36-34-32-30-28-26-20-18-16-14-12-10-8-6-4-2/h8,10,14,16,20,26,30,32,48-49,52-53H,3-7,9,11-13,15,17-19,21-25,27-29,31,33-47H2,1-2H3,(H,56,57)/b10-8+,16-14+,26-20+,32-30+/t48-,49+/m0/s1. The summed E-state index contributed by atoms with van der Waals surface area (Å²) in [6.07, 6.45) is 52.2. The van der Waals surface area contributed by atoms with E-state index in [0.29, 0.717) is 12.8 Å². The summed E-state index contributed by atoms with van der Waals surface area (Å²) in [5.74, 6) is -0.953. The molecular formula is C51H93O10P. The molecule has 0 aliphatic carbocycles. The van der Waals surface area contributed by atoms with Gasteiger partial charge in [-0.25, -0.2) is 4.57 Å². The molecule has 0 aromatic carbocycles. The fourth-order valence-corrected chi connectivity index (χ4v) is 7.66. The minimum absolute atomic E-state index is 0.179. The molecule has 0 saturated carbocycles. The Morgan fingerprint density at radius 1 is 0.484 bits per heavy atom. The molecule has 11 heteroatoms. The third kappa shape index (κ3) is 45.9. The summed E-state index contributed by atoms with van der Waals surface area (Å²) >= 11 is 0.